The van der Waals surface area contributed by atoms with Crippen molar-refractivity contribution in [3.63, 3.8) is 0 Å². The maximum Gasteiger partial charge on any atom is 0.315 e. The molecule has 0 saturated heterocycles. The lowest BCUT2D eigenvalue weighted by atomic mass is 10.1. The second-order valence-electron chi connectivity index (χ2n) is 5.54. The van der Waals surface area contributed by atoms with E-state index in [9.17, 15) is 4.79 Å². The molecular formula is C17H23N3OS. The van der Waals surface area contributed by atoms with Gasteiger partial charge in [-0.25, -0.2) is 4.79 Å². The van der Waals surface area contributed by atoms with E-state index >= 15 is 0 Å². The Morgan fingerprint density at radius 1 is 1.18 bits per heavy atom. The zero-order valence-electron chi connectivity index (χ0n) is 13.3. The van der Waals surface area contributed by atoms with Crippen LogP contribution in [0, 0.1) is 6.92 Å². The number of likely N-dealkylation sites (N-methyl/N-ethyl adjacent to an activating group) is 1. The Kier molecular flexibility index (Phi) is 5.98. The topological polar surface area (TPSA) is 44.4 Å². The van der Waals surface area contributed by atoms with E-state index in [-0.39, 0.29) is 12.1 Å². The van der Waals surface area contributed by atoms with Gasteiger partial charge in [0.05, 0.1) is 6.04 Å². The molecule has 2 rings (SSSR count). The Balaban J connectivity index is 1.80. The first kappa shape index (κ1) is 16.5. The van der Waals surface area contributed by atoms with Gasteiger partial charge in [0.1, 0.15) is 0 Å². The van der Waals surface area contributed by atoms with Crippen LogP contribution in [0.3, 0.4) is 0 Å². The number of nitrogens with zero attached hydrogens (tertiary/aromatic N) is 1. The van der Waals surface area contributed by atoms with Crippen LogP contribution in [0.1, 0.15) is 22.0 Å². The number of nitrogens with one attached hydrogen (secondary N) is 2. The molecule has 118 valence electrons. The highest BCUT2D eigenvalue weighted by Gasteiger charge is 2.15. The van der Waals surface area contributed by atoms with Gasteiger partial charge in [0, 0.05) is 18.0 Å². The van der Waals surface area contributed by atoms with E-state index in [1.54, 1.807) is 11.3 Å². The molecule has 0 aliphatic carbocycles. The minimum atomic E-state index is -0.135. The summed E-state index contributed by atoms with van der Waals surface area (Å²) in [5.41, 5.74) is 2.32. The van der Waals surface area contributed by atoms with Gasteiger partial charge in [-0.2, -0.15) is 0 Å². The summed E-state index contributed by atoms with van der Waals surface area (Å²) in [4.78, 5) is 15.3. The van der Waals surface area contributed by atoms with Gasteiger partial charge in [0.2, 0.25) is 0 Å². The van der Waals surface area contributed by atoms with Crippen LogP contribution in [0.2, 0.25) is 0 Å². The van der Waals surface area contributed by atoms with E-state index in [4.69, 9.17) is 0 Å². The minimum Gasteiger partial charge on any atom is -0.336 e. The van der Waals surface area contributed by atoms with Crippen LogP contribution in [0.4, 0.5) is 4.79 Å². The summed E-state index contributed by atoms with van der Waals surface area (Å²) in [6.07, 6.45) is 0. The summed E-state index contributed by atoms with van der Waals surface area (Å²) >= 11 is 1.71. The molecule has 1 heterocycles. The molecule has 0 aliphatic rings. The fourth-order valence-corrected chi connectivity index (χ4v) is 3.08. The molecule has 1 aromatic carbocycles. The molecule has 2 amide bonds. The number of amides is 2. The largest absolute Gasteiger partial charge is 0.336 e. The van der Waals surface area contributed by atoms with E-state index in [1.165, 1.54) is 10.4 Å². The van der Waals surface area contributed by atoms with Crippen LogP contribution in [0.5, 0.6) is 0 Å². The number of rotatable bonds is 6. The van der Waals surface area contributed by atoms with Gasteiger partial charge < -0.3 is 15.5 Å². The van der Waals surface area contributed by atoms with Crippen molar-refractivity contribution >= 4 is 17.4 Å². The zero-order chi connectivity index (χ0) is 15.9. The maximum atomic E-state index is 11.9. The summed E-state index contributed by atoms with van der Waals surface area (Å²) in [5.74, 6) is 0. The summed E-state index contributed by atoms with van der Waals surface area (Å²) in [5, 5.41) is 7.90. The first-order valence-electron chi connectivity index (χ1n) is 7.33. The SMILES string of the molecule is Cc1ccc(CNC(=O)NC[C@@H](c2cccs2)N(C)C)cc1. The molecule has 5 heteroatoms. The lowest BCUT2D eigenvalue weighted by Crippen LogP contribution is -2.40. The summed E-state index contributed by atoms with van der Waals surface area (Å²) in [6, 6.07) is 12.4. The van der Waals surface area contributed by atoms with Gasteiger partial charge in [-0.15, -0.1) is 11.3 Å². The van der Waals surface area contributed by atoms with Gasteiger partial charge in [0.15, 0.2) is 0 Å². The van der Waals surface area contributed by atoms with Crippen LogP contribution < -0.4 is 10.6 Å². The monoisotopic (exact) mass is 317 g/mol. The van der Waals surface area contributed by atoms with Crippen LogP contribution in [-0.4, -0.2) is 31.6 Å². The number of benzene rings is 1. The molecule has 0 radical (unpaired) electrons. The van der Waals surface area contributed by atoms with E-state index in [0.717, 1.165) is 5.56 Å². The molecule has 0 fully saturated rings. The molecule has 2 aromatic rings. The van der Waals surface area contributed by atoms with Crippen LogP contribution in [-0.2, 0) is 6.54 Å². The van der Waals surface area contributed by atoms with Crippen molar-refractivity contribution in [2.75, 3.05) is 20.6 Å². The molecule has 0 bridgehead atoms. The van der Waals surface area contributed by atoms with Crippen molar-refractivity contribution in [2.45, 2.75) is 19.5 Å². The molecule has 0 unspecified atom stereocenters. The number of hydrogen-bond acceptors (Lipinski definition) is 3. The number of carbonyl (C=O) groups excluding carboxylic acids is 1. The third-order valence-corrected chi connectivity index (χ3v) is 4.50. The minimum absolute atomic E-state index is 0.135. The molecule has 1 atom stereocenters. The molecule has 0 spiro atoms. The third kappa shape index (κ3) is 4.86. The molecule has 4 nitrogen and oxygen atoms in total. The van der Waals surface area contributed by atoms with E-state index in [1.807, 2.05) is 44.4 Å². The first-order chi connectivity index (χ1) is 10.6. The predicted octanol–water partition coefficient (Wildman–Crippen LogP) is 3.16. The van der Waals surface area contributed by atoms with Crippen LogP contribution >= 0.6 is 11.3 Å². The fourth-order valence-electron chi connectivity index (χ4n) is 2.16. The highest BCUT2D eigenvalue weighted by Crippen LogP contribution is 2.22. The van der Waals surface area contributed by atoms with E-state index < -0.39 is 0 Å². The average Bonchev–Trinajstić information content (AvgIpc) is 3.00. The fraction of sp³-hybridized carbons (Fsp3) is 0.353. The van der Waals surface area contributed by atoms with E-state index in [2.05, 4.69) is 33.9 Å². The third-order valence-electron chi connectivity index (χ3n) is 3.52. The number of hydrogen-bond donors (Lipinski definition) is 2. The average molecular weight is 317 g/mol. The summed E-state index contributed by atoms with van der Waals surface area (Å²) in [6.45, 7) is 3.18. The van der Waals surface area contributed by atoms with Crippen molar-refractivity contribution < 1.29 is 4.79 Å². The lowest BCUT2D eigenvalue weighted by molar-refractivity contribution is 0.233. The number of aryl methyl sites for hydroxylation is 1. The zero-order valence-corrected chi connectivity index (χ0v) is 14.1. The second kappa shape index (κ2) is 7.96. The molecular weight excluding hydrogens is 294 g/mol. The van der Waals surface area contributed by atoms with Crippen molar-refractivity contribution in [1.82, 2.24) is 15.5 Å². The molecule has 22 heavy (non-hydrogen) atoms. The summed E-state index contributed by atoms with van der Waals surface area (Å²) < 4.78 is 0. The Bertz CT molecular complexity index is 578. The van der Waals surface area contributed by atoms with Crippen molar-refractivity contribution in [3.05, 3.63) is 57.8 Å². The number of thiophene rings is 1. The number of urea groups is 1. The van der Waals surface area contributed by atoms with Crippen LogP contribution in [0.15, 0.2) is 41.8 Å². The van der Waals surface area contributed by atoms with E-state index in [0.29, 0.717) is 13.1 Å². The Hall–Kier alpha value is -1.85. The van der Waals surface area contributed by atoms with Crippen molar-refractivity contribution in [1.29, 1.82) is 0 Å². The first-order valence-corrected chi connectivity index (χ1v) is 8.21. The molecule has 0 saturated carbocycles. The molecule has 1 aromatic heterocycles. The highest BCUT2D eigenvalue weighted by molar-refractivity contribution is 7.10. The van der Waals surface area contributed by atoms with Gasteiger partial charge in [0.25, 0.3) is 0 Å². The maximum absolute atomic E-state index is 11.9. The normalized spacial score (nSPS) is 12.2. The molecule has 2 N–H and O–H groups in total. The van der Waals surface area contributed by atoms with Gasteiger partial charge >= 0.3 is 6.03 Å². The highest BCUT2D eigenvalue weighted by atomic mass is 32.1. The predicted molar refractivity (Wildman–Crippen MR) is 92.2 cm³/mol. The van der Waals surface area contributed by atoms with Gasteiger partial charge in [-0.3, -0.25) is 0 Å². The second-order valence-corrected chi connectivity index (χ2v) is 6.52. The van der Waals surface area contributed by atoms with Crippen LogP contribution in [0.25, 0.3) is 0 Å². The number of carbonyl (C=O) groups is 1. The van der Waals surface area contributed by atoms with Crippen molar-refractivity contribution in [2.24, 2.45) is 0 Å². The standard InChI is InChI=1S/C17H23N3OS/c1-13-6-8-14(9-7-13)11-18-17(21)19-12-15(20(2)3)16-5-4-10-22-16/h4-10,15H,11-12H2,1-3H3,(H2,18,19,21)/t15-/m0/s1. The lowest BCUT2D eigenvalue weighted by Gasteiger charge is -2.23. The van der Waals surface area contributed by atoms with Gasteiger partial charge in [-0.1, -0.05) is 35.9 Å². The Morgan fingerprint density at radius 2 is 1.91 bits per heavy atom. The quantitative estimate of drug-likeness (QED) is 0.859. The van der Waals surface area contributed by atoms with Gasteiger partial charge in [-0.05, 0) is 38.0 Å². The summed E-state index contributed by atoms with van der Waals surface area (Å²) in [7, 11) is 4.05. The Morgan fingerprint density at radius 3 is 2.50 bits per heavy atom. The Labute approximate surface area is 136 Å². The molecule has 0 aliphatic heterocycles. The van der Waals surface area contributed by atoms with Crippen molar-refractivity contribution in [3.8, 4) is 0 Å². The smallest absolute Gasteiger partial charge is 0.315 e.